The van der Waals surface area contributed by atoms with E-state index in [2.05, 4.69) is 5.10 Å². The van der Waals surface area contributed by atoms with E-state index < -0.39 is 11.4 Å². The van der Waals surface area contributed by atoms with Gasteiger partial charge in [0.2, 0.25) is 5.90 Å². The number of rotatable bonds is 2. The number of carbonyl (C=O) groups excluding carboxylic acids is 2. The van der Waals surface area contributed by atoms with Gasteiger partial charge < -0.3 is 4.74 Å². The average Bonchev–Trinajstić information content (AvgIpc) is 2.86. The quantitative estimate of drug-likeness (QED) is 0.615. The molecule has 1 aromatic carbocycles. The number of hydrogen-bond acceptors (Lipinski definition) is 5. The molecule has 1 aliphatic carbocycles. The van der Waals surface area contributed by atoms with Crippen LogP contribution >= 0.6 is 0 Å². The predicted molar refractivity (Wildman–Crippen MR) is 92.7 cm³/mol. The van der Waals surface area contributed by atoms with Gasteiger partial charge in [0.15, 0.2) is 0 Å². The highest BCUT2D eigenvalue weighted by molar-refractivity contribution is 6.08. The van der Waals surface area contributed by atoms with Crippen molar-refractivity contribution in [3.8, 4) is 0 Å². The second kappa shape index (κ2) is 6.04. The summed E-state index contributed by atoms with van der Waals surface area (Å²) in [6, 6.07) is 9.78. The highest BCUT2D eigenvalue weighted by Gasteiger charge is 2.46. The van der Waals surface area contributed by atoms with Gasteiger partial charge in [-0.15, -0.1) is 5.10 Å². The summed E-state index contributed by atoms with van der Waals surface area (Å²) in [5, 5.41) is 6.34. The van der Waals surface area contributed by atoms with Crippen molar-refractivity contribution >= 4 is 23.3 Å². The summed E-state index contributed by atoms with van der Waals surface area (Å²) in [4.78, 5) is 24.9. The Kier molecular flexibility index (Phi) is 4.20. The zero-order valence-electron chi connectivity index (χ0n) is 14.5. The Labute approximate surface area is 142 Å². The van der Waals surface area contributed by atoms with Gasteiger partial charge in [0.25, 0.3) is 0 Å². The van der Waals surface area contributed by atoms with Crippen molar-refractivity contribution in [3.63, 3.8) is 0 Å². The van der Waals surface area contributed by atoms with Crippen molar-refractivity contribution in [2.45, 2.75) is 46.5 Å². The van der Waals surface area contributed by atoms with E-state index in [0.29, 0.717) is 25.3 Å². The number of Topliss-reactive ketones (excluding diaryl/α,β-unsaturated/α-hetero) is 1. The van der Waals surface area contributed by atoms with E-state index in [0.717, 1.165) is 18.5 Å². The summed E-state index contributed by atoms with van der Waals surface area (Å²) < 4.78 is 5.64. The molecule has 1 aliphatic heterocycles. The molecule has 0 saturated heterocycles. The number of hydrazone groups is 1. The summed E-state index contributed by atoms with van der Waals surface area (Å²) in [5.74, 6) is -0.0973. The fourth-order valence-corrected chi connectivity index (χ4v) is 3.23. The standard InChI is InChI=1S/C19H24N2O3/c1-18(2)13-21(14-9-5-4-6-10-14)20-16(18)24-17(23)19(3)12-8-7-11-15(19)22/h4-6,9-10H,7-8,11-13H2,1-3H3. The summed E-state index contributed by atoms with van der Waals surface area (Å²) in [6.45, 7) is 6.32. The number of carbonyl (C=O) groups is 2. The van der Waals surface area contributed by atoms with E-state index in [4.69, 9.17) is 4.74 Å². The van der Waals surface area contributed by atoms with E-state index >= 15 is 0 Å². The number of nitrogens with zero attached hydrogens (tertiary/aromatic N) is 2. The lowest BCUT2D eigenvalue weighted by Crippen LogP contribution is -2.42. The number of anilines is 1. The predicted octanol–water partition coefficient (Wildman–Crippen LogP) is 3.54. The van der Waals surface area contributed by atoms with E-state index in [-0.39, 0.29) is 11.2 Å². The number of ketones is 1. The highest BCUT2D eigenvalue weighted by atomic mass is 16.5. The molecule has 3 rings (SSSR count). The Bertz CT molecular complexity index is 681. The SMILES string of the molecule is CC1(C)CN(c2ccccc2)N=C1OC(=O)C1(C)CCCCC1=O. The second-order valence-corrected chi connectivity index (χ2v) is 7.53. The van der Waals surface area contributed by atoms with Crippen LogP contribution < -0.4 is 5.01 Å². The van der Waals surface area contributed by atoms with E-state index in [1.54, 1.807) is 6.92 Å². The smallest absolute Gasteiger partial charge is 0.325 e. The van der Waals surface area contributed by atoms with Crippen LogP contribution in [0.15, 0.2) is 35.4 Å². The van der Waals surface area contributed by atoms with E-state index in [9.17, 15) is 9.59 Å². The van der Waals surface area contributed by atoms with Crippen LogP contribution in [0.5, 0.6) is 0 Å². The van der Waals surface area contributed by atoms with Gasteiger partial charge in [0.05, 0.1) is 17.6 Å². The average molecular weight is 328 g/mol. The number of ether oxygens (including phenoxy) is 1. The van der Waals surface area contributed by atoms with Crippen molar-refractivity contribution in [1.29, 1.82) is 0 Å². The second-order valence-electron chi connectivity index (χ2n) is 7.53. The van der Waals surface area contributed by atoms with Crippen molar-refractivity contribution in [3.05, 3.63) is 30.3 Å². The van der Waals surface area contributed by atoms with Crippen LogP contribution in [0.3, 0.4) is 0 Å². The largest absolute Gasteiger partial charge is 0.409 e. The molecule has 2 aliphatic rings. The maximum atomic E-state index is 12.7. The van der Waals surface area contributed by atoms with Gasteiger partial charge in [-0.3, -0.25) is 14.6 Å². The lowest BCUT2D eigenvalue weighted by atomic mass is 9.74. The molecular formula is C19H24N2O3. The van der Waals surface area contributed by atoms with E-state index in [1.165, 1.54) is 0 Å². The van der Waals surface area contributed by atoms with Crippen LogP contribution in [0.25, 0.3) is 0 Å². The molecule has 0 N–H and O–H groups in total. The molecular weight excluding hydrogens is 304 g/mol. The summed E-state index contributed by atoms with van der Waals surface area (Å²) in [7, 11) is 0. The Morgan fingerprint density at radius 1 is 1.17 bits per heavy atom. The van der Waals surface area contributed by atoms with Gasteiger partial charge in [0.1, 0.15) is 11.2 Å². The van der Waals surface area contributed by atoms with Crippen LogP contribution in [-0.2, 0) is 14.3 Å². The molecule has 1 unspecified atom stereocenters. The van der Waals surface area contributed by atoms with Gasteiger partial charge in [0, 0.05) is 6.42 Å². The van der Waals surface area contributed by atoms with Gasteiger partial charge in [-0.1, -0.05) is 24.6 Å². The van der Waals surface area contributed by atoms with Gasteiger partial charge >= 0.3 is 5.97 Å². The molecule has 0 bridgehead atoms. The third kappa shape index (κ3) is 2.95. The molecule has 0 amide bonds. The molecule has 1 aromatic rings. The molecule has 1 saturated carbocycles. The number of hydrogen-bond donors (Lipinski definition) is 0. The summed E-state index contributed by atoms with van der Waals surface area (Å²) >= 11 is 0. The fourth-order valence-electron chi connectivity index (χ4n) is 3.23. The third-order valence-corrected chi connectivity index (χ3v) is 4.98. The normalized spacial score (nSPS) is 26.2. The van der Waals surface area contributed by atoms with Crippen molar-refractivity contribution in [2.75, 3.05) is 11.6 Å². The molecule has 128 valence electrons. The molecule has 24 heavy (non-hydrogen) atoms. The van der Waals surface area contributed by atoms with Crippen molar-refractivity contribution in [2.24, 2.45) is 15.9 Å². The Balaban J connectivity index is 1.80. The van der Waals surface area contributed by atoms with Gasteiger partial charge in [-0.25, -0.2) is 0 Å². The molecule has 5 nitrogen and oxygen atoms in total. The van der Waals surface area contributed by atoms with Gasteiger partial charge in [-0.05, 0) is 45.7 Å². The first kappa shape index (κ1) is 16.7. The molecule has 0 radical (unpaired) electrons. The van der Waals surface area contributed by atoms with Crippen molar-refractivity contribution < 1.29 is 14.3 Å². The monoisotopic (exact) mass is 328 g/mol. The molecule has 1 fully saturated rings. The minimum Gasteiger partial charge on any atom is -0.409 e. The molecule has 5 heteroatoms. The topological polar surface area (TPSA) is 59.0 Å². The Morgan fingerprint density at radius 3 is 2.54 bits per heavy atom. The van der Waals surface area contributed by atoms with Gasteiger partial charge in [-0.2, -0.15) is 0 Å². The lowest BCUT2D eigenvalue weighted by molar-refractivity contribution is -0.154. The Hall–Kier alpha value is -2.17. The molecule has 1 heterocycles. The van der Waals surface area contributed by atoms with Crippen LogP contribution in [0.4, 0.5) is 5.69 Å². The minimum absolute atomic E-state index is 0.0185. The van der Waals surface area contributed by atoms with Crippen LogP contribution in [0.1, 0.15) is 46.5 Å². The van der Waals surface area contributed by atoms with Crippen LogP contribution in [0, 0.1) is 10.8 Å². The van der Waals surface area contributed by atoms with E-state index in [1.807, 2.05) is 49.2 Å². The summed E-state index contributed by atoms with van der Waals surface area (Å²) in [5.41, 5.74) is -0.465. The van der Waals surface area contributed by atoms with Crippen molar-refractivity contribution in [1.82, 2.24) is 0 Å². The molecule has 1 atom stereocenters. The first-order chi connectivity index (χ1) is 11.3. The minimum atomic E-state index is -1.03. The van der Waals surface area contributed by atoms with Crippen LogP contribution in [0.2, 0.25) is 0 Å². The zero-order chi connectivity index (χ0) is 17.4. The summed E-state index contributed by atoms with van der Waals surface area (Å²) in [6.07, 6.45) is 2.75. The first-order valence-electron chi connectivity index (χ1n) is 8.50. The highest BCUT2D eigenvalue weighted by Crippen LogP contribution is 2.36. The number of esters is 1. The Morgan fingerprint density at radius 2 is 1.88 bits per heavy atom. The fraction of sp³-hybridized carbons (Fsp3) is 0.526. The molecule has 0 aromatic heterocycles. The maximum absolute atomic E-state index is 12.7. The third-order valence-electron chi connectivity index (χ3n) is 4.98. The number of benzene rings is 1. The lowest BCUT2D eigenvalue weighted by Gasteiger charge is -2.30. The zero-order valence-corrected chi connectivity index (χ0v) is 14.5. The number of para-hydroxylation sites is 1. The van der Waals surface area contributed by atoms with Crippen LogP contribution in [-0.4, -0.2) is 24.2 Å². The maximum Gasteiger partial charge on any atom is 0.325 e. The molecule has 0 spiro atoms. The first-order valence-corrected chi connectivity index (χ1v) is 8.50.